The van der Waals surface area contributed by atoms with Crippen LogP contribution in [0.2, 0.25) is 0 Å². The largest absolute Gasteiger partial charge is 0.396 e. The SMILES string of the molecule is O=C(Cn1cc(CCO)nn1)Nc1cccc(I)c1. The van der Waals surface area contributed by atoms with E-state index in [1.54, 1.807) is 6.20 Å². The number of carbonyl (C=O) groups excluding carboxylic acids is 1. The molecule has 0 spiro atoms. The molecule has 1 aromatic heterocycles. The molecule has 0 atom stereocenters. The molecular weight excluding hydrogens is 359 g/mol. The smallest absolute Gasteiger partial charge is 0.246 e. The van der Waals surface area contributed by atoms with Crippen LogP contribution in [-0.4, -0.2) is 32.6 Å². The standard InChI is InChI=1S/C12H13IN4O2/c13-9-2-1-3-10(6-9)14-12(19)8-17-7-11(4-5-18)15-16-17/h1-3,6-7,18H,4-5,8H2,(H,14,19). The van der Waals surface area contributed by atoms with Crippen LogP contribution in [0, 0.1) is 3.57 Å². The van der Waals surface area contributed by atoms with Crippen molar-refractivity contribution < 1.29 is 9.90 Å². The quantitative estimate of drug-likeness (QED) is 0.770. The number of amides is 1. The number of hydrogen-bond acceptors (Lipinski definition) is 4. The molecule has 2 N–H and O–H groups in total. The summed E-state index contributed by atoms with van der Waals surface area (Å²) in [6.07, 6.45) is 2.10. The highest BCUT2D eigenvalue weighted by Gasteiger charge is 2.06. The van der Waals surface area contributed by atoms with Crippen LogP contribution in [0.1, 0.15) is 5.69 Å². The second kappa shape index (κ2) is 6.62. The first-order chi connectivity index (χ1) is 9.17. The minimum Gasteiger partial charge on any atom is -0.396 e. The third-order valence-corrected chi connectivity index (χ3v) is 3.04. The number of nitrogens with one attached hydrogen (secondary N) is 1. The number of hydrogen-bond donors (Lipinski definition) is 2. The maximum atomic E-state index is 11.8. The predicted octanol–water partition coefficient (Wildman–Crippen LogP) is 1.06. The summed E-state index contributed by atoms with van der Waals surface area (Å²) in [5.74, 6) is -0.164. The van der Waals surface area contributed by atoms with Crippen molar-refractivity contribution in [3.05, 3.63) is 39.7 Å². The fourth-order valence-corrected chi connectivity index (χ4v) is 2.10. The Morgan fingerprint density at radius 3 is 3.05 bits per heavy atom. The van der Waals surface area contributed by atoms with E-state index >= 15 is 0 Å². The summed E-state index contributed by atoms with van der Waals surface area (Å²) in [5, 5.41) is 19.2. The van der Waals surface area contributed by atoms with E-state index in [9.17, 15) is 4.79 Å². The van der Waals surface area contributed by atoms with Gasteiger partial charge in [0.1, 0.15) is 6.54 Å². The van der Waals surface area contributed by atoms with Crippen LogP contribution in [0.15, 0.2) is 30.5 Å². The van der Waals surface area contributed by atoms with E-state index in [1.807, 2.05) is 24.3 Å². The fourth-order valence-electron chi connectivity index (χ4n) is 1.56. The predicted molar refractivity (Wildman–Crippen MR) is 78.6 cm³/mol. The van der Waals surface area contributed by atoms with Gasteiger partial charge in [-0.05, 0) is 40.8 Å². The van der Waals surface area contributed by atoms with Gasteiger partial charge in [-0.1, -0.05) is 11.3 Å². The van der Waals surface area contributed by atoms with Crippen LogP contribution in [0.5, 0.6) is 0 Å². The maximum Gasteiger partial charge on any atom is 0.246 e. The van der Waals surface area contributed by atoms with Crippen LogP contribution >= 0.6 is 22.6 Å². The maximum absolute atomic E-state index is 11.8. The van der Waals surface area contributed by atoms with Crippen molar-refractivity contribution in [1.29, 1.82) is 0 Å². The zero-order valence-corrected chi connectivity index (χ0v) is 12.2. The van der Waals surface area contributed by atoms with Crippen molar-refractivity contribution in [2.75, 3.05) is 11.9 Å². The van der Waals surface area contributed by atoms with Gasteiger partial charge in [0, 0.05) is 28.5 Å². The molecule has 0 unspecified atom stereocenters. The molecule has 7 heteroatoms. The van der Waals surface area contributed by atoms with Gasteiger partial charge in [-0.15, -0.1) is 5.10 Å². The molecule has 6 nitrogen and oxygen atoms in total. The number of benzene rings is 1. The summed E-state index contributed by atoms with van der Waals surface area (Å²) >= 11 is 2.19. The topological polar surface area (TPSA) is 80.0 Å². The lowest BCUT2D eigenvalue weighted by molar-refractivity contribution is -0.116. The Hall–Kier alpha value is -1.48. The molecule has 1 heterocycles. The summed E-state index contributed by atoms with van der Waals surface area (Å²) in [7, 11) is 0. The van der Waals surface area contributed by atoms with Crippen LogP contribution in [0.3, 0.4) is 0 Å². The Balaban J connectivity index is 1.93. The second-order valence-corrected chi connectivity index (χ2v) is 5.19. The fraction of sp³-hybridized carbons (Fsp3) is 0.250. The highest BCUT2D eigenvalue weighted by molar-refractivity contribution is 14.1. The molecule has 0 aliphatic rings. The van der Waals surface area contributed by atoms with Crippen molar-refractivity contribution in [3.63, 3.8) is 0 Å². The molecule has 0 bridgehead atoms. The van der Waals surface area contributed by atoms with E-state index in [-0.39, 0.29) is 19.1 Å². The van der Waals surface area contributed by atoms with Gasteiger partial charge in [-0.25, -0.2) is 4.68 Å². The second-order valence-electron chi connectivity index (χ2n) is 3.94. The Labute approximate surface area is 124 Å². The first kappa shape index (κ1) is 13.9. The summed E-state index contributed by atoms with van der Waals surface area (Å²) in [6, 6.07) is 7.55. The molecule has 19 heavy (non-hydrogen) atoms. The lowest BCUT2D eigenvalue weighted by atomic mass is 10.3. The first-order valence-corrected chi connectivity index (χ1v) is 6.80. The zero-order valence-electron chi connectivity index (χ0n) is 10.1. The van der Waals surface area contributed by atoms with Gasteiger partial charge in [0.25, 0.3) is 0 Å². The van der Waals surface area contributed by atoms with Crippen molar-refractivity contribution in [3.8, 4) is 0 Å². The highest BCUT2D eigenvalue weighted by atomic mass is 127. The minimum atomic E-state index is -0.164. The van der Waals surface area contributed by atoms with Crippen LogP contribution in [0.25, 0.3) is 0 Å². The molecule has 1 aromatic carbocycles. The van der Waals surface area contributed by atoms with E-state index in [4.69, 9.17) is 5.11 Å². The number of aliphatic hydroxyl groups is 1. The highest BCUT2D eigenvalue weighted by Crippen LogP contribution is 2.12. The lowest BCUT2D eigenvalue weighted by Gasteiger charge is -2.05. The third-order valence-electron chi connectivity index (χ3n) is 2.37. The number of aliphatic hydroxyl groups excluding tert-OH is 1. The molecule has 0 aliphatic heterocycles. The Kier molecular flexibility index (Phi) is 4.86. The molecule has 100 valence electrons. The number of halogens is 1. The van der Waals surface area contributed by atoms with E-state index in [0.717, 1.165) is 9.26 Å². The molecule has 0 aliphatic carbocycles. The van der Waals surface area contributed by atoms with E-state index in [0.29, 0.717) is 12.1 Å². The molecule has 2 rings (SSSR count). The molecule has 0 fully saturated rings. The normalized spacial score (nSPS) is 10.4. The van der Waals surface area contributed by atoms with Gasteiger partial charge >= 0.3 is 0 Å². The number of anilines is 1. The summed E-state index contributed by atoms with van der Waals surface area (Å²) in [6.45, 7) is 0.122. The summed E-state index contributed by atoms with van der Waals surface area (Å²) in [5.41, 5.74) is 1.43. The van der Waals surface area contributed by atoms with E-state index in [1.165, 1.54) is 4.68 Å². The summed E-state index contributed by atoms with van der Waals surface area (Å²) < 4.78 is 2.51. The molecule has 0 saturated carbocycles. The average molecular weight is 372 g/mol. The first-order valence-electron chi connectivity index (χ1n) is 5.72. The van der Waals surface area contributed by atoms with E-state index in [2.05, 4.69) is 38.2 Å². The van der Waals surface area contributed by atoms with Gasteiger partial charge in [-0.3, -0.25) is 4.79 Å². The van der Waals surface area contributed by atoms with Gasteiger partial charge in [0.15, 0.2) is 0 Å². The number of aromatic nitrogens is 3. The number of nitrogens with zero attached hydrogens (tertiary/aromatic N) is 3. The van der Waals surface area contributed by atoms with Gasteiger partial charge < -0.3 is 10.4 Å². The Morgan fingerprint density at radius 1 is 1.47 bits per heavy atom. The average Bonchev–Trinajstić information content (AvgIpc) is 2.77. The van der Waals surface area contributed by atoms with Crippen molar-refractivity contribution in [2.24, 2.45) is 0 Å². The van der Waals surface area contributed by atoms with E-state index < -0.39 is 0 Å². The van der Waals surface area contributed by atoms with Gasteiger partial charge in [-0.2, -0.15) is 0 Å². The van der Waals surface area contributed by atoms with Crippen LogP contribution in [-0.2, 0) is 17.8 Å². The minimum absolute atomic E-state index is 0.0212. The Morgan fingerprint density at radius 2 is 2.32 bits per heavy atom. The number of rotatable bonds is 5. The van der Waals surface area contributed by atoms with Crippen LogP contribution < -0.4 is 5.32 Å². The monoisotopic (exact) mass is 372 g/mol. The Bertz CT molecular complexity index is 570. The molecule has 2 aromatic rings. The third kappa shape index (κ3) is 4.28. The summed E-state index contributed by atoms with van der Waals surface area (Å²) in [4.78, 5) is 11.8. The van der Waals surface area contributed by atoms with Gasteiger partial charge in [0.05, 0.1) is 5.69 Å². The van der Waals surface area contributed by atoms with Crippen molar-refractivity contribution >= 4 is 34.2 Å². The number of carbonyl (C=O) groups is 1. The van der Waals surface area contributed by atoms with Crippen LogP contribution in [0.4, 0.5) is 5.69 Å². The molecule has 0 radical (unpaired) electrons. The van der Waals surface area contributed by atoms with Crippen molar-refractivity contribution in [1.82, 2.24) is 15.0 Å². The zero-order chi connectivity index (χ0) is 13.7. The van der Waals surface area contributed by atoms with Gasteiger partial charge in [0.2, 0.25) is 5.91 Å². The van der Waals surface area contributed by atoms with Crippen molar-refractivity contribution in [2.45, 2.75) is 13.0 Å². The molecular formula is C12H13IN4O2. The molecule has 0 saturated heterocycles. The lowest BCUT2D eigenvalue weighted by Crippen LogP contribution is -2.19. The molecule has 1 amide bonds.